The molecule has 1 aromatic carbocycles. The zero-order valence-electron chi connectivity index (χ0n) is 9.14. The maximum Gasteiger partial charge on any atom is 0.195 e. The summed E-state index contributed by atoms with van der Waals surface area (Å²) < 4.78 is 27.9. The molecule has 0 aliphatic rings. The molecule has 7 heteroatoms. The van der Waals surface area contributed by atoms with Gasteiger partial charge in [-0.25, -0.2) is 18.4 Å². The third kappa shape index (κ3) is 2.32. The minimum atomic E-state index is -3.49. The first kappa shape index (κ1) is 12.1. The van der Waals surface area contributed by atoms with Crippen LogP contribution >= 0.6 is 11.6 Å². The molecule has 1 aromatic heterocycles. The van der Waals surface area contributed by atoms with Crippen LogP contribution in [0.3, 0.4) is 0 Å². The Hall–Kier alpha value is -1.40. The molecule has 0 aliphatic carbocycles. The second kappa shape index (κ2) is 4.12. The second-order valence-corrected chi connectivity index (χ2v) is 5.74. The quantitative estimate of drug-likeness (QED) is 0.832. The summed E-state index contributed by atoms with van der Waals surface area (Å²) in [4.78, 5) is 7.98. The van der Waals surface area contributed by atoms with E-state index in [1.165, 1.54) is 7.11 Å². The van der Waals surface area contributed by atoms with Crippen LogP contribution in [0, 0.1) is 0 Å². The van der Waals surface area contributed by atoms with Crippen molar-refractivity contribution in [3.63, 3.8) is 0 Å². The van der Waals surface area contributed by atoms with Crippen molar-refractivity contribution in [3.8, 4) is 5.75 Å². The lowest BCUT2D eigenvalue weighted by Gasteiger charge is -2.04. The molecule has 17 heavy (non-hydrogen) atoms. The Labute approximate surface area is 103 Å². The number of sulfone groups is 1. The van der Waals surface area contributed by atoms with E-state index >= 15 is 0 Å². The number of rotatable bonds is 2. The second-order valence-electron chi connectivity index (χ2n) is 3.45. The van der Waals surface area contributed by atoms with E-state index in [9.17, 15) is 8.42 Å². The highest BCUT2D eigenvalue weighted by Crippen LogP contribution is 2.23. The summed E-state index contributed by atoms with van der Waals surface area (Å²) in [5, 5.41) is -0.343. The molecule has 0 radical (unpaired) electrons. The number of methoxy groups -OCH3 is 1. The van der Waals surface area contributed by atoms with Gasteiger partial charge in [-0.2, -0.15) is 0 Å². The Morgan fingerprint density at radius 2 is 1.94 bits per heavy atom. The molecule has 0 atom stereocenters. The van der Waals surface area contributed by atoms with Crippen molar-refractivity contribution in [2.24, 2.45) is 0 Å². The number of fused-ring (bicyclic) bond motifs is 1. The number of halogens is 1. The predicted molar refractivity (Wildman–Crippen MR) is 64.2 cm³/mol. The van der Waals surface area contributed by atoms with Crippen molar-refractivity contribution < 1.29 is 13.2 Å². The van der Waals surface area contributed by atoms with Crippen LogP contribution in [-0.2, 0) is 9.84 Å². The highest BCUT2D eigenvalue weighted by molar-refractivity contribution is 7.90. The first-order valence-corrected chi connectivity index (χ1v) is 6.90. The summed E-state index contributed by atoms with van der Waals surface area (Å²) >= 11 is 5.78. The van der Waals surface area contributed by atoms with Gasteiger partial charge in [0.2, 0.25) is 0 Å². The molecule has 0 fully saturated rings. The Balaban J connectivity index is 2.77. The van der Waals surface area contributed by atoms with Gasteiger partial charge in [0.25, 0.3) is 0 Å². The van der Waals surface area contributed by atoms with Crippen LogP contribution in [0.4, 0.5) is 0 Å². The topological polar surface area (TPSA) is 69.2 Å². The van der Waals surface area contributed by atoms with Crippen LogP contribution in [-0.4, -0.2) is 31.8 Å². The van der Waals surface area contributed by atoms with Gasteiger partial charge in [-0.3, -0.25) is 0 Å². The van der Waals surface area contributed by atoms with E-state index in [0.29, 0.717) is 16.8 Å². The lowest BCUT2D eigenvalue weighted by atomic mass is 10.3. The SMILES string of the molecule is COc1ccc2nc(Cl)c(S(C)(=O)=O)nc2c1. The molecule has 0 saturated carbocycles. The first-order valence-electron chi connectivity index (χ1n) is 4.63. The fourth-order valence-corrected chi connectivity index (χ4v) is 2.53. The van der Waals surface area contributed by atoms with E-state index in [0.717, 1.165) is 6.26 Å². The Morgan fingerprint density at radius 1 is 1.24 bits per heavy atom. The van der Waals surface area contributed by atoms with E-state index in [-0.39, 0.29) is 10.2 Å². The number of hydrogen-bond donors (Lipinski definition) is 0. The molecule has 1 heterocycles. The molecule has 0 spiro atoms. The maximum atomic E-state index is 11.4. The highest BCUT2D eigenvalue weighted by atomic mass is 35.5. The molecule has 5 nitrogen and oxygen atoms in total. The molecule has 0 N–H and O–H groups in total. The Morgan fingerprint density at radius 3 is 2.53 bits per heavy atom. The summed E-state index contributed by atoms with van der Waals surface area (Å²) in [5.74, 6) is 0.577. The lowest BCUT2D eigenvalue weighted by Crippen LogP contribution is -2.03. The summed E-state index contributed by atoms with van der Waals surface area (Å²) in [6.07, 6.45) is 1.04. The largest absolute Gasteiger partial charge is 0.497 e. The molecular formula is C10H9ClN2O3S. The smallest absolute Gasteiger partial charge is 0.195 e. The normalized spacial score (nSPS) is 11.7. The summed E-state index contributed by atoms with van der Waals surface area (Å²) in [6, 6.07) is 4.97. The van der Waals surface area contributed by atoms with Crippen LogP contribution in [0.25, 0.3) is 11.0 Å². The van der Waals surface area contributed by atoms with Gasteiger partial charge in [0, 0.05) is 12.3 Å². The molecule has 0 unspecified atom stereocenters. The van der Waals surface area contributed by atoms with Crippen LogP contribution in [0.2, 0.25) is 5.15 Å². The fourth-order valence-electron chi connectivity index (χ4n) is 1.36. The summed E-state index contributed by atoms with van der Waals surface area (Å²) in [7, 11) is -1.98. The van der Waals surface area contributed by atoms with Gasteiger partial charge < -0.3 is 4.74 Å². The van der Waals surface area contributed by atoms with Crippen molar-refractivity contribution in [1.82, 2.24) is 9.97 Å². The van der Waals surface area contributed by atoms with Crippen LogP contribution < -0.4 is 4.74 Å². The average molecular weight is 273 g/mol. The number of nitrogens with zero attached hydrogens (tertiary/aromatic N) is 2. The molecular weight excluding hydrogens is 264 g/mol. The molecule has 0 aliphatic heterocycles. The van der Waals surface area contributed by atoms with E-state index in [1.807, 2.05) is 0 Å². The van der Waals surface area contributed by atoms with E-state index in [4.69, 9.17) is 16.3 Å². The highest BCUT2D eigenvalue weighted by Gasteiger charge is 2.16. The van der Waals surface area contributed by atoms with Crippen LogP contribution in [0.15, 0.2) is 23.2 Å². The number of ether oxygens (including phenoxy) is 1. The minimum Gasteiger partial charge on any atom is -0.497 e. The molecule has 0 amide bonds. The summed E-state index contributed by atoms with van der Waals surface area (Å²) in [6.45, 7) is 0. The fraction of sp³-hybridized carbons (Fsp3) is 0.200. The minimum absolute atomic E-state index is 0.120. The Bertz CT molecular complexity index is 685. The summed E-state index contributed by atoms with van der Waals surface area (Å²) in [5.41, 5.74) is 0.942. The third-order valence-electron chi connectivity index (χ3n) is 2.15. The third-order valence-corrected chi connectivity index (χ3v) is 3.51. The molecule has 0 saturated heterocycles. The van der Waals surface area contributed by atoms with E-state index in [1.54, 1.807) is 18.2 Å². The van der Waals surface area contributed by atoms with Crippen LogP contribution in [0.5, 0.6) is 5.75 Å². The van der Waals surface area contributed by atoms with Gasteiger partial charge in [0.15, 0.2) is 20.0 Å². The maximum absolute atomic E-state index is 11.4. The monoisotopic (exact) mass is 272 g/mol. The van der Waals surface area contributed by atoms with E-state index in [2.05, 4.69) is 9.97 Å². The molecule has 90 valence electrons. The van der Waals surface area contributed by atoms with Crippen molar-refractivity contribution in [3.05, 3.63) is 23.4 Å². The van der Waals surface area contributed by atoms with Crippen molar-refractivity contribution >= 4 is 32.5 Å². The average Bonchev–Trinajstić information content (AvgIpc) is 2.26. The van der Waals surface area contributed by atoms with Gasteiger partial charge in [-0.1, -0.05) is 11.6 Å². The number of aromatic nitrogens is 2. The molecule has 0 bridgehead atoms. The number of hydrogen-bond acceptors (Lipinski definition) is 5. The zero-order chi connectivity index (χ0) is 12.6. The zero-order valence-corrected chi connectivity index (χ0v) is 10.7. The molecule has 2 aromatic rings. The van der Waals surface area contributed by atoms with Gasteiger partial charge in [-0.15, -0.1) is 0 Å². The van der Waals surface area contributed by atoms with Crippen molar-refractivity contribution in [2.75, 3.05) is 13.4 Å². The number of benzene rings is 1. The Kier molecular flexibility index (Phi) is 2.92. The van der Waals surface area contributed by atoms with Crippen LogP contribution in [0.1, 0.15) is 0 Å². The standard InChI is InChI=1S/C10H9ClN2O3S/c1-16-6-3-4-7-8(5-6)13-10(9(11)12-7)17(2,14)15/h3-5H,1-2H3. The van der Waals surface area contributed by atoms with E-state index < -0.39 is 9.84 Å². The van der Waals surface area contributed by atoms with Crippen molar-refractivity contribution in [2.45, 2.75) is 5.03 Å². The molecule has 2 rings (SSSR count). The first-order chi connectivity index (χ1) is 7.91. The van der Waals surface area contributed by atoms with Gasteiger partial charge in [0.1, 0.15) is 5.75 Å². The van der Waals surface area contributed by atoms with Crippen molar-refractivity contribution in [1.29, 1.82) is 0 Å². The lowest BCUT2D eigenvalue weighted by molar-refractivity contribution is 0.415. The van der Waals surface area contributed by atoms with Gasteiger partial charge in [0.05, 0.1) is 18.1 Å². The predicted octanol–water partition coefficient (Wildman–Crippen LogP) is 1.70. The van der Waals surface area contributed by atoms with Gasteiger partial charge >= 0.3 is 0 Å². The van der Waals surface area contributed by atoms with Gasteiger partial charge in [-0.05, 0) is 12.1 Å².